The maximum Gasteiger partial charge on any atom is 0.203 e. The number of aromatic nitrogens is 5. The predicted molar refractivity (Wildman–Crippen MR) is 93.4 cm³/mol. The van der Waals surface area contributed by atoms with E-state index in [0.29, 0.717) is 12.3 Å². The molecule has 3 aromatic heterocycles. The molecule has 1 saturated heterocycles. The molecule has 126 valence electrons. The van der Waals surface area contributed by atoms with E-state index in [-0.39, 0.29) is 11.5 Å². The molecule has 3 aromatic rings. The summed E-state index contributed by atoms with van der Waals surface area (Å²) in [6.07, 6.45) is -0.0188. The summed E-state index contributed by atoms with van der Waals surface area (Å²) in [4.78, 5) is 11.6. The highest BCUT2D eigenvalue weighted by Gasteiger charge is 2.27. The molecule has 24 heavy (non-hydrogen) atoms. The van der Waals surface area contributed by atoms with Crippen molar-refractivity contribution in [1.29, 1.82) is 0 Å². The number of morpholine rings is 1. The second-order valence-electron chi connectivity index (χ2n) is 6.96. The van der Waals surface area contributed by atoms with Crippen molar-refractivity contribution in [2.45, 2.75) is 32.3 Å². The first kappa shape index (κ1) is 15.5. The maximum atomic E-state index is 5.96. The molecule has 0 radical (unpaired) electrons. The fraction of sp³-hybridized carbons (Fsp3) is 0.500. The molecule has 8 heteroatoms. The van der Waals surface area contributed by atoms with Crippen LogP contribution >= 0.6 is 11.3 Å². The minimum atomic E-state index is -0.0188. The molecule has 0 amide bonds. The van der Waals surface area contributed by atoms with Gasteiger partial charge in [0.1, 0.15) is 22.4 Å². The molecule has 0 aromatic carbocycles. The number of pyridine rings is 1. The van der Waals surface area contributed by atoms with Gasteiger partial charge in [0.05, 0.1) is 18.8 Å². The number of hydrogen-bond donors (Lipinski definition) is 1. The molecular formula is C16H20N6OS. The predicted octanol–water partition coefficient (Wildman–Crippen LogP) is 2.68. The van der Waals surface area contributed by atoms with Gasteiger partial charge in [0.25, 0.3) is 0 Å². The first-order valence-corrected chi connectivity index (χ1v) is 8.89. The van der Waals surface area contributed by atoms with Crippen LogP contribution in [-0.4, -0.2) is 45.1 Å². The maximum absolute atomic E-state index is 5.96. The molecule has 1 atom stereocenters. The van der Waals surface area contributed by atoms with Gasteiger partial charge in [-0.25, -0.2) is 9.97 Å². The van der Waals surface area contributed by atoms with E-state index in [1.807, 2.05) is 12.1 Å². The fourth-order valence-corrected chi connectivity index (χ4v) is 3.77. The Kier molecular flexibility index (Phi) is 3.73. The first-order chi connectivity index (χ1) is 11.5. The average molecular weight is 344 g/mol. The van der Waals surface area contributed by atoms with Crippen molar-refractivity contribution in [2.24, 2.45) is 0 Å². The number of aromatic amines is 1. The summed E-state index contributed by atoms with van der Waals surface area (Å²) in [5.41, 5.74) is 2.59. The highest BCUT2D eigenvalue weighted by molar-refractivity contribution is 7.09. The van der Waals surface area contributed by atoms with Crippen LogP contribution in [0.3, 0.4) is 0 Å². The number of nitrogens with zero attached hydrogens (tertiary/aromatic N) is 5. The van der Waals surface area contributed by atoms with Crippen LogP contribution in [0.5, 0.6) is 0 Å². The van der Waals surface area contributed by atoms with Crippen LogP contribution in [0.4, 0.5) is 5.82 Å². The quantitative estimate of drug-likeness (QED) is 0.770. The Labute approximate surface area is 144 Å². The Hall–Kier alpha value is -2.06. The molecule has 1 unspecified atom stereocenters. The van der Waals surface area contributed by atoms with Gasteiger partial charge in [-0.1, -0.05) is 20.8 Å². The number of anilines is 1. The molecule has 7 nitrogen and oxygen atoms in total. The molecule has 4 rings (SSSR count). The van der Waals surface area contributed by atoms with Crippen LogP contribution in [0.1, 0.15) is 37.6 Å². The molecular weight excluding hydrogens is 324 g/mol. The molecule has 1 aliphatic rings. The van der Waals surface area contributed by atoms with Gasteiger partial charge in [0.2, 0.25) is 5.65 Å². The van der Waals surface area contributed by atoms with Crippen molar-refractivity contribution in [3.05, 3.63) is 28.2 Å². The average Bonchev–Trinajstić information content (AvgIpc) is 3.23. The summed E-state index contributed by atoms with van der Waals surface area (Å²) in [6, 6.07) is 3.92. The van der Waals surface area contributed by atoms with Crippen LogP contribution in [0.2, 0.25) is 0 Å². The van der Waals surface area contributed by atoms with Crippen LogP contribution in [0.25, 0.3) is 11.2 Å². The third kappa shape index (κ3) is 2.87. The van der Waals surface area contributed by atoms with Gasteiger partial charge in [-0.2, -0.15) is 10.3 Å². The Morgan fingerprint density at radius 3 is 2.92 bits per heavy atom. The monoisotopic (exact) mass is 344 g/mol. The number of rotatable bonds is 2. The van der Waals surface area contributed by atoms with Gasteiger partial charge in [-0.15, -0.1) is 16.4 Å². The van der Waals surface area contributed by atoms with Crippen LogP contribution in [0.15, 0.2) is 17.5 Å². The lowest BCUT2D eigenvalue weighted by molar-refractivity contribution is 0.0392. The number of thiazole rings is 1. The zero-order valence-electron chi connectivity index (χ0n) is 14.0. The topological polar surface area (TPSA) is 79.8 Å². The Bertz CT molecular complexity index is 851. The van der Waals surface area contributed by atoms with Gasteiger partial charge in [-0.05, 0) is 12.1 Å². The molecule has 1 aliphatic heterocycles. The smallest absolute Gasteiger partial charge is 0.203 e. The molecule has 1 N–H and O–H groups in total. The Morgan fingerprint density at radius 1 is 1.25 bits per heavy atom. The third-order valence-electron chi connectivity index (χ3n) is 4.12. The van der Waals surface area contributed by atoms with E-state index in [1.54, 1.807) is 11.3 Å². The van der Waals surface area contributed by atoms with Gasteiger partial charge < -0.3 is 9.64 Å². The number of hydrogen-bond acceptors (Lipinski definition) is 7. The van der Waals surface area contributed by atoms with Crippen molar-refractivity contribution in [2.75, 3.05) is 24.6 Å². The highest BCUT2D eigenvalue weighted by Crippen LogP contribution is 2.31. The Morgan fingerprint density at radius 2 is 2.12 bits per heavy atom. The van der Waals surface area contributed by atoms with Crippen molar-refractivity contribution >= 4 is 28.3 Å². The summed E-state index contributed by atoms with van der Waals surface area (Å²) in [5, 5.41) is 13.9. The van der Waals surface area contributed by atoms with Crippen LogP contribution in [0, 0.1) is 0 Å². The second kappa shape index (κ2) is 5.78. The van der Waals surface area contributed by atoms with E-state index in [9.17, 15) is 0 Å². The first-order valence-electron chi connectivity index (χ1n) is 8.01. The van der Waals surface area contributed by atoms with Crippen molar-refractivity contribution in [1.82, 2.24) is 25.4 Å². The fourth-order valence-electron chi connectivity index (χ4n) is 2.69. The van der Waals surface area contributed by atoms with Crippen molar-refractivity contribution < 1.29 is 4.74 Å². The van der Waals surface area contributed by atoms with Gasteiger partial charge in [0, 0.05) is 17.3 Å². The SMILES string of the molecule is CC(C)(C)c1csc(C2CN(c3ccc4n[nH]nc4n3)CCO2)n1. The second-order valence-corrected chi connectivity index (χ2v) is 7.85. The normalized spacial score (nSPS) is 19.1. The van der Waals surface area contributed by atoms with Crippen molar-refractivity contribution in [3.8, 4) is 0 Å². The lowest BCUT2D eigenvalue weighted by Crippen LogP contribution is -2.38. The van der Waals surface area contributed by atoms with Gasteiger partial charge in [0.15, 0.2) is 0 Å². The zero-order valence-corrected chi connectivity index (χ0v) is 14.8. The third-order valence-corrected chi connectivity index (χ3v) is 5.06. The molecule has 4 heterocycles. The summed E-state index contributed by atoms with van der Waals surface area (Å²) >= 11 is 1.67. The standard InChI is InChI=1S/C16H20N6OS/c1-16(2,3)12-9-24-15(17-12)11-8-22(6-7-23-11)13-5-4-10-14(18-13)20-21-19-10/h4-5,9,11H,6-8H2,1-3H3,(H,18,19,20,21). The lowest BCUT2D eigenvalue weighted by atomic mass is 9.93. The van der Waals surface area contributed by atoms with E-state index in [2.05, 4.69) is 51.4 Å². The number of fused-ring (bicyclic) bond motifs is 1. The largest absolute Gasteiger partial charge is 0.367 e. The molecule has 0 bridgehead atoms. The van der Waals surface area contributed by atoms with Crippen LogP contribution < -0.4 is 4.90 Å². The van der Waals surface area contributed by atoms with E-state index < -0.39 is 0 Å². The van der Waals surface area contributed by atoms with E-state index in [1.165, 1.54) is 0 Å². The van der Waals surface area contributed by atoms with Crippen molar-refractivity contribution in [3.63, 3.8) is 0 Å². The molecule has 0 saturated carbocycles. The molecule has 0 aliphatic carbocycles. The number of nitrogens with one attached hydrogen (secondary N) is 1. The minimum absolute atomic E-state index is 0.0188. The Balaban J connectivity index is 1.56. The summed E-state index contributed by atoms with van der Waals surface area (Å²) in [7, 11) is 0. The summed E-state index contributed by atoms with van der Waals surface area (Å²) < 4.78 is 5.96. The van der Waals surface area contributed by atoms with E-state index in [4.69, 9.17) is 9.72 Å². The molecule has 1 fully saturated rings. The number of H-pyrrole nitrogens is 1. The summed E-state index contributed by atoms with van der Waals surface area (Å²) in [5.74, 6) is 0.900. The van der Waals surface area contributed by atoms with Gasteiger partial charge >= 0.3 is 0 Å². The highest BCUT2D eigenvalue weighted by atomic mass is 32.1. The minimum Gasteiger partial charge on any atom is -0.367 e. The number of ether oxygens (including phenoxy) is 1. The van der Waals surface area contributed by atoms with Crippen LogP contribution in [-0.2, 0) is 10.2 Å². The van der Waals surface area contributed by atoms with E-state index >= 15 is 0 Å². The van der Waals surface area contributed by atoms with Gasteiger partial charge in [-0.3, -0.25) is 0 Å². The molecule has 0 spiro atoms. The zero-order chi connectivity index (χ0) is 16.7. The summed E-state index contributed by atoms with van der Waals surface area (Å²) in [6.45, 7) is 8.75. The lowest BCUT2D eigenvalue weighted by Gasteiger charge is -2.32. The van der Waals surface area contributed by atoms with E-state index in [0.717, 1.165) is 35.1 Å².